The highest BCUT2D eigenvalue weighted by Crippen LogP contribution is 2.42. The molecule has 1 atom stereocenters. The lowest BCUT2D eigenvalue weighted by molar-refractivity contribution is -0.140. The zero-order chi connectivity index (χ0) is 22.5. The largest absolute Gasteiger partial charge is 0.507 e. The van der Waals surface area contributed by atoms with Gasteiger partial charge in [-0.25, -0.2) is 0 Å². The molecule has 2 heterocycles. The highest BCUT2D eigenvalue weighted by Gasteiger charge is 2.46. The Kier molecular flexibility index (Phi) is 7.51. The molecule has 0 spiro atoms. The Morgan fingerprint density at radius 1 is 1.23 bits per heavy atom. The van der Waals surface area contributed by atoms with Crippen LogP contribution in [0.4, 0.5) is 0 Å². The lowest BCUT2D eigenvalue weighted by Crippen LogP contribution is -2.33. The van der Waals surface area contributed by atoms with Crippen molar-refractivity contribution in [2.75, 3.05) is 19.8 Å². The molecule has 0 aliphatic carbocycles. The summed E-state index contributed by atoms with van der Waals surface area (Å²) in [5, 5.41) is 13.1. The average molecular weight is 444 g/mol. The van der Waals surface area contributed by atoms with Gasteiger partial charge in [0.15, 0.2) is 0 Å². The van der Waals surface area contributed by atoms with E-state index in [1.54, 1.807) is 24.3 Å². The minimum atomic E-state index is -0.681. The third-order valence-corrected chi connectivity index (χ3v) is 6.13. The lowest BCUT2D eigenvalue weighted by atomic mass is 9.98. The van der Waals surface area contributed by atoms with Crippen LogP contribution in [-0.4, -0.2) is 47.6 Å². The van der Waals surface area contributed by atoms with Gasteiger partial charge >= 0.3 is 0 Å². The first-order valence-corrected chi connectivity index (χ1v) is 11.4. The Morgan fingerprint density at radius 3 is 2.65 bits per heavy atom. The minimum Gasteiger partial charge on any atom is -0.507 e. The molecule has 0 bridgehead atoms. The lowest BCUT2D eigenvalue weighted by Gasteiger charge is -2.25. The number of carbonyl (C=O) groups excluding carboxylic acids is 2. The number of ketones is 1. The first kappa shape index (κ1) is 23.0. The van der Waals surface area contributed by atoms with E-state index < -0.39 is 17.7 Å². The molecule has 1 aromatic carbocycles. The smallest absolute Gasteiger partial charge is 0.295 e. The van der Waals surface area contributed by atoms with Crippen molar-refractivity contribution in [3.63, 3.8) is 0 Å². The highest BCUT2D eigenvalue weighted by atomic mass is 32.1. The molecule has 1 fully saturated rings. The maximum atomic E-state index is 13.0. The summed E-state index contributed by atoms with van der Waals surface area (Å²) in [7, 11) is 0. The van der Waals surface area contributed by atoms with Crippen LogP contribution in [0.5, 0.6) is 5.75 Å². The zero-order valence-electron chi connectivity index (χ0n) is 18.4. The Labute approximate surface area is 187 Å². The van der Waals surface area contributed by atoms with E-state index in [4.69, 9.17) is 9.47 Å². The van der Waals surface area contributed by atoms with Gasteiger partial charge in [0.05, 0.1) is 30.9 Å². The molecular weight excluding hydrogens is 414 g/mol. The van der Waals surface area contributed by atoms with Crippen LogP contribution in [0.2, 0.25) is 0 Å². The first-order chi connectivity index (χ1) is 14.8. The van der Waals surface area contributed by atoms with Crippen LogP contribution in [0.15, 0.2) is 41.3 Å². The molecule has 166 valence electrons. The minimum absolute atomic E-state index is 0.0182. The molecule has 0 saturated carbocycles. The van der Waals surface area contributed by atoms with Crippen LogP contribution in [0.1, 0.15) is 49.2 Å². The van der Waals surface area contributed by atoms with Crippen molar-refractivity contribution in [1.29, 1.82) is 0 Å². The number of Topliss-reactive ketones (excluding diaryl/α,β-unsaturated/α-hetero) is 1. The van der Waals surface area contributed by atoms with E-state index in [1.165, 1.54) is 16.2 Å². The summed E-state index contributed by atoms with van der Waals surface area (Å²) in [5.41, 5.74) is 1.52. The molecule has 31 heavy (non-hydrogen) atoms. The normalized spacial score (nSPS) is 18.2. The van der Waals surface area contributed by atoms with Gasteiger partial charge in [-0.15, -0.1) is 11.3 Å². The number of hydrogen-bond donors (Lipinski definition) is 1. The van der Waals surface area contributed by atoms with E-state index in [-0.39, 0.29) is 24.0 Å². The van der Waals surface area contributed by atoms with Crippen LogP contribution in [-0.2, 0) is 14.3 Å². The Bertz CT molecular complexity index is 978. The number of rotatable bonds is 9. The number of carbonyl (C=O) groups is 2. The molecule has 2 aromatic rings. The Hall–Kier alpha value is -2.64. The molecule has 1 amide bonds. The Morgan fingerprint density at radius 2 is 2.00 bits per heavy atom. The van der Waals surface area contributed by atoms with Crippen molar-refractivity contribution in [1.82, 2.24) is 4.90 Å². The van der Waals surface area contributed by atoms with Crippen molar-refractivity contribution >= 4 is 28.8 Å². The fraction of sp³-hybridized carbons (Fsp3) is 0.417. The number of aliphatic hydroxyl groups is 1. The summed E-state index contributed by atoms with van der Waals surface area (Å²) in [4.78, 5) is 28.3. The van der Waals surface area contributed by atoms with Gasteiger partial charge < -0.3 is 19.5 Å². The summed E-state index contributed by atoms with van der Waals surface area (Å²) in [6, 6.07) is 8.27. The van der Waals surface area contributed by atoms with Crippen LogP contribution >= 0.6 is 11.3 Å². The van der Waals surface area contributed by atoms with Crippen molar-refractivity contribution in [3.8, 4) is 5.75 Å². The second-order valence-electron chi connectivity index (χ2n) is 7.76. The molecule has 1 aliphatic heterocycles. The topological polar surface area (TPSA) is 76.1 Å². The van der Waals surface area contributed by atoms with Gasteiger partial charge in [0.2, 0.25) is 0 Å². The van der Waals surface area contributed by atoms with Crippen LogP contribution in [0, 0.1) is 6.92 Å². The quantitative estimate of drug-likeness (QED) is 0.346. The van der Waals surface area contributed by atoms with Gasteiger partial charge in [-0.3, -0.25) is 9.59 Å². The summed E-state index contributed by atoms with van der Waals surface area (Å²) in [6.07, 6.45) is 0.877. The zero-order valence-corrected chi connectivity index (χ0v) is 19.2. The number of amides is 1. The van der Waals surface area contributed by atoms with E-state index >= 15 is 0 Å². The number of thiophene rings is 1. The van der Waals surface area contributed by atoms with Crippen molar-refractivity contribution < 1.29 is 24.2 Å². The third-order valence-electron chi connectivity index (χ3n) is 5.05. The summed E-state index contributed by atoms with van der Waals surface area (Å²) >= 11 is 1.47. The molecule has 1 aliphatic rings. The van der Waals surface area contributed by atoms with Gasteiger partial charge in [0.25, 0.3) is 11.7 Å². The number of aliphatic hydroxyl groups excluding tert-OH is 1. The standard InChI is InChI=1S/C24H29NO5S/c1-5-11-30-18-8-6-7-17(14-18)21(26)19-20(23-16(4)9-13-31-23)25(24(28)22(19)27)10-12-29-15(2)3/h6-9,13-15,20,26H,5,10-12H2,1-4H3/b21-19-. The van der Waals surface area contributed by atoms with Crippen LogP contribution in [0.3, 0.4) is 0 Å². The number of hydrogen-bond acceptors (Lipinski definition) is 6. The number of nitrogens with zero attached hydrogens (tertiary/aromatic N) is 1. The number of likely N-dealkylation sites (tertiary alicyclic amines) is 1. The molecule has 1 saturated heterocycles. The molecule has 3 rings (SSSR count). The molecule has 1 unspecified atom stereocenters. The van der Waals surface area contributed by atoms with Crippen LogP contribution in [0.25, 0.3) is 5.76 Å². The number of aryl methyl sites for hydroxylation is 1. The van der Waals surface area contributed by atoms with Gasteiger partial charge in [0, 0.05) is 17.0 Å². The van der Waals surface area contributed by atoms with E-state index in [9.17, 15) is 14.7 Å². The SMILES string of the molecule is CCCOc1cccc(/C(O)=C2/C(=O)C(=O)N(CCOC(C)C)C2c2sccc2C)c1. The van der Waals surface area contributed by atoms with Crippen molar-refractivity contribution in [2.24, 2.45) is 0 Å². The summed E-state index contributed by atoms with van der Waals surface area (Å²) in [6.45, 7) is 8.92. The molecule has 0 radical (unpaired) electrons. The molecule has 6 nitrogen and oxygen atoms in total. The number of benzene rings is 1. The van der Waals surface area contributed by atoms with Crippen molar-refractivity contribution in [3.05, 3.63) is 57.3 Å². The average Bonchev–Trinajstić information content (AvgIpc) is 3.27. The second kappa shape index (κ2) is 10.1. The predicted molar refractivity (Wildman–Crippen MR) is 121 cm³/mol. The van der Waals surface area contributed by atoms with Gasteiger partial charge in [-0.2, -0.15) is 0 Å². The summed E-state index contributed by atoms with van der Waals surface area (Å²) in [5.74, 6) is -0.885. The highest BCUT2D eigenvalue weighted by molar-refractivity contribution is 7.10. The predicted octanol–water partition coefficient (Wildman–Crippen LogP) is 4.69. The van der Waals surface area contributed by atoms with E-state index in [0.29, 0.717) is 24.5 Å². The second-order valence-corrected chi connectivity index (χ2v) is 8.70. The Balaban J connectivity index is 2.04. The molecule has 7 heteroatoms. The van der Waals surface area contributed by atoms with Crippen LogP contribution < -0.4 is 4.74 Å². The monoisotopic (exact) mass is 443 g/mol. The summed E-state index contributed by atoms with van der Waals surface area (Å²) < 4.78 is 11.3. The molecule has 1 aromatic heterocycles. The number of ether oxygens (including phenoxy) is 2. The third kappa shape index (κ3) is 4.99. The van der Waals surface area contributed by atoms with E-state index in [0.717, 1.165) is 16.9 Å². The van der Waals surface area contributed by atoms with E-state index in [1.807, 2.05) is 39.1 Å². The van der Waals surface area contributed by atoms with Gasteiger partial charge in [0.1, 0.15) is 11.5 Å². The fourth-order valence-corrected chi connectivity index (χ4v) is 4.59. The van der Waals surface area contributed by atoms with Gasteiger partial charge in [-0.1, -0.05) is 19.1 Å². The molecular formula is C24H29NO5S. The first-order valence-electron chi connectivity index (χ1n) is 10.5. The fourth-order valence-electron chi connectivity index (χ4n) is 3.54. The van der Waals surface area contributed by atoms with Gasteiger partial charge in [-0.05, 0) is 56.3 Å². The molecule has 1 N–H and O–H groups in total. The maximum absolute atomic E-state index is 13.0. The maximum Gasteiger partial charge on any atom is 0.295 e. The van der Waals surface area contributed by atoms with Crippen molar-refractivity contribution in [2.45, 2.75) is 46.3 Å². The van der Waals surface area contributed by atoms with E-state index in [2.05, 4.69) is 0 Å².